The molecule has 2 N–H and O–H groups in total. The van der Waals surface area contributed by atoms with Gasteiger partial charge in [0.05, 0.1) is 0 Å². The lowest BCUT2D eigenvalue weighted by molar-refractivity contribution is 0.252. The van der Waals surface area contributed by atoms with E-state index in [9.17, 15) is 4.79 Å². The molecule has 5 heteroatoms. The van der Waals surface area contributed by atoms with E-state index in [-0.39, 0.29) is 6.03 Å². The third-order valence-corrected chi connectivity index (χ3v) is 4.48. The van der Waals surface area contributed by atoms with E-state index >= 15 is 0 Å². The van der Waals surface area contributed by atoms with E-state index in [1.165, 1.54) is 17.9 Å². The van der Waals surface area contributed by atoms with E-state index in [0.717, 1.165) is 24.5 Å². The molecule has 0 bridgehead atoms. The molecule has 1 atom stereocenters. The zero-order valence-corrected chi connectivity index (χ0v) is 11.0. The van der Waals surface area contributed by atoms with Crippen molar-refractivity contribution in [1.29, 1.82) is 0 Å². The number of carbonyl (C=O) groups excluding carboxylic acids is 1. The number of benzene rings is 1. The zero-order chi connectivity index (χ0) is 12.4. The van der Waals surface area contributed by atoms with Crippen LogP contribution in [0, 0.1) is 0 Å². The fraction of sp³-hybridized carbons (Fsp3) is 0.462. The smallest absolute Gasteiger partial charge is 0.321 e. The molecule has 4 nitrogen and oxygen atoms in total. The van der Waals surface area contributed by atoms with Crippen molar-refractivity contribution in [2.24, 2.45) is 0 Å². The van der Waals surface area contributed by atoms with Crippen molar-refractivity contribution in [1.82, 2.24) is 5.32 Å². The summed E-state index contributed by atoms with van der Waals surface area (Å²) in [4.78, 5) is 13.4. The third-order valence-electron chi connectivity index (χ3n) is 3.32. The number of nitrogens with zero attached hydrogens (tertiary/aromatic N) is 1. The normalized spacial score (nSPS) is 23.2. The average molecular weight is 263 g/mol. The van der Waals surface area contributed by atoms with Crippen molar-refractivity contribution >= 4 is 29.2 Å². The SMILES string of the molecule is O=C1NCCN1c1cccc(NC2CCSC2)c1. The molecule has 96 valence electrons. The molecule has 2 heterocycles. The molecular formula is C13H17N3OS. The summed E-state index contributed by atoms with van der Waals surface area (Å²) in [5.41, 5.74) is 2.08. The van der Waals surface area contributed by atoms with Crippen LogP contribution in [0.15, 0.2) is 24.3 Å². The first kappa shape index (κ1) is 11.7. The topological polar surface area (TPSA) is 44.4 Å². The van der Waals surface area contributed by atoms with Gasteiger partial charge in [0.15, 0.2) is 0 Å². The van der Waals surface area contributed by atoms with E-state index < -0.39 is 0 Å². The van der Waals surface area contributed by atoms with Gasteiger partial charge in [0.25, 0.3) is 0 Å². The molecular weight excluding hydrogens is 246 g/mol. The maximum atomic E-state index is 11.6. The Balaban J connectivity index is 1.73. The van der Waals surface area contributed by atoms with Crippen molar-refractivity contribution in [2.45, 2.75) is 12.5 Å². The second kappa shape index (κ2) is 5.10. The fourth-order valence-electron chi connectivity index (χ4n) is 2.37. The van der Waals surface area contributed by atoms with Crippen molar-refractivity contribution in [3.05, 3.63) is 24.3 Å². The van der Waals surface area contributed by atoms with Crippen molar-refractivity contribution < 1.29 is 4.79 Å². The minimum atomic E-state index is 0.00331. The van der Waals surface area contributed by atoms with Crippen LogP contribution in [0.4, 0.5) is 16.2 Å². The van der Waals surface area contributed by atoms with Crippen LogP contribution >= 0.6 is 11.8 Å². The number of amides is 2. The highest BCUT2D eigenvalue weighted by atomic mass is 32.2. The highest BCUT2D eigenvalue weighted by Gasteiger charge is 2.21. The molecule has 2 amide bonds. The summed E-state index contributed by atoms with van der Waals surface area (Å²) in [5, 5.41) is 6.36. The van der Waals surface area contributed by atoms with Crippen LogP contribution in [-0.4, -0.2) is 36.7 Å². The van der Waals surface area contributed by atoms with Gasteiger partial charge in [-0.05, 0) is 30.4 Å². The van der Waals surface area contributed by atoms with Gasteiger partial charge in [-0.2, -0.15) is 11.8 Å². The Bertz CT molecular complexity index is 446. The maximum Gasteiger partial charge on any atom is 0.321 e. The molecule has 3 rings (SSSR count). The average Bonchev–Trinajstić information content (AvgIpc) is 3.01. The maximum absolute atomic E-state index is 11.6. The monoisotopic (exact) mass is 263 g/mol. The molecule has 0 saturated carbocycles. The first-order valence-electron chi connectivity index (χ1n) is 6.33. The molecule has 0 spiro atoms. The quantitative estimate of drug-likeness (QED) is 0.878. The van der Waals surface area contributed by atoms with Crippen LogP contribution in [0.3, 0.4) is 0 Å². The molecule has 18 heavy (non-hydrogen) atoms. The standard InChI is InChI=1S/C13H17N3OS/c17-13-14-5-6-16(13)12-3-1-2-10(8-12)15-11-4-7-18-9-11/h1-3,8,11,15H,4-7,9H2,(H,14,17). The Morgan fingerprint density at radius 2 is 2.39 bits per heavy atom. The van der Waals surface area contributed by atoms with Gasteiger partial charge in [-0.25, -0.2) is 4.79 Å². The second-order valence-electron chi connectivity index (χ2n) is 4.64. The lowest BCUT2D eigenvalue weighted by Gasteiger charge is -2.17. The Morgan fingerprint density at radius 1 is 1.44 bits per heavy atom. The van der Waals surface area contributed by atoms with Gasteiger partial charge in [0.2, 0.25) is 0 Å². The van der Waals surface area contributed by atoms with Crippen molar-refractivity contribution in [3.63, 3.8) is 0 Å². The zero-order valence-electron chi connectivity index (χ0n) is 10.2. The van der Waals surface area contributed by atoms with Gasteiger partial charge in [-0.3, -0.25) is 4.90 Å². The molecule has 0 aliphatic carbocycles. The summed E-state index contributed by atoms with van der Waals surface area (Å²) in [7, 11) is 0. The molecule has 2 aliphatic rings. The van der Waals surface area contributed by atoms with E-state index in [2.05, 4.69) is 22.8 Å². The van der Waals surface area contributed by atoms with Crippen LogP contribution in [0.5, 0.6) is 0 Å². The Morgan fingerprint density at radius 3 is 3.11 bits per heavy atom. The Hall–Kier alpha value is -1.36. The summed E-state index contributed by atoms with van der Waals surface area (Å²) in [6.07, 6.45) is 1.22. The van der Waals surface area contributed by atoms with Crippen molar-refractivity contribution in [2.75, 3.05) is 34.8 Å². The van der Waals surface area contributed by atoms with Gasteiger partial charge in [-0.15, -0.1) is 0 Å². The summed E-state index contributed by atoms with van der Waals surface area (Å²) < 4.78 is 0. The Kier molecular flexibility index (Phi) is 3.32. The van der Waals surface area contributed by atoms with E-state index in [1.54, 1.807) is 4.90 Å². The Labute approximate surface area is 111 Å². The number of nitrogens with one attached hydrogen (secondary N) is 2. The van der Waals surface area contributed by atoms with Gasteiger partial charge >= 0.3 is 6.03 Å². The number of anilines is 2. The number of rotatable bonds is 3. The molecule has 2 saturated heterocycles. The second-order valence-corrected chi connectivity index (χ2v) is 5.79. The number of urea groups is 1. The summed E-state index contributed by atoms with van der Waals surface area (Å²) in [5.74, 6) is 2.42. The van der Waals surface area contributed by atoms with Gasteiger partial charge in [0, 0.05) is 36.3 Å². The fourth-order valence-corrected chi connectivity index (χ4v) is 3.52. The van der Waals surface area contributed by atoms with Crippen LogP contribution in [0.2, 0.25) is 0 Å². The van der Waals surface area contributed by atoms with Crippen LogP contribution in [0.1, 0.15) is 6.42 Å². The predicted molar refractivity (Wildman–Crippen MR) is 76.5 cm³/mol. The lowest BCUT2D eigenvalue weighted by atomic mass is 10.2. The van der Waals surface area contributed by atoms with Gasteiger partial charge in [-0.1, -0.05) is 6.07 Å². The largest absolute Gasteiger partial charge is 0.381 e. The molecule has 2 aliphatic heterocycles. The van der Waals surface area contributed by atoms with Crippen LogP contribution in [-0.2, 0) is 0 Å². The minimum Gasteiger partial charge on any atom is -0.381 e. The number of hydrogen-bond acceptors (Lipinski definition) is 3. The minimum absolute atomic E-state index is 0.00331. The molecule has 0 radical (unpaired) electrons. The molecule has 1 unspecified atom stereocenters. The van der Waals surface area contributed by atoms with Crippen molar-refractivity contribution in [3.8, 4) is 0 Å². The van der Waals surface area contributed by atoms with E-state index in [0.29, 0.717) is 6.04 Å². The highest BCUT2D eigenvalue weighted by Crippen LogP contribution is 2.25. The van der Waals surface area contributed by atoms with Gasteiger partial charge < -0.3 is 10.6 Å². The van der Waals surface area contributed by atoms with E-state index in [1.807, 2.05) is 23.9 Å². The lowest BCUT2D eigenvalue weighted by Crippen LogP contribution is -2.27. The summed E-state index contributed by atoms with van der Waals surface area (Å²) >= 11 is 1.99. The predicted octanol–water partition coefficient (Wildman–Crippen LogP) is 2.13. The number of thioether (sulfide) groups is 1. The van der Waals surface area contributed by atoms with Crippen LogP contribution in [0.25, 0.3) is 0 Å². The van der Waals surface area contributed by atoms with Gasteiger partial charge in [0.1, 0.15) is 0 Å². The first-order chi connectivity index (χ1) is 8.83. The molecule has 2 fully saturated rings. The molecule has 1 aromatic carbocycles. The molecule has 0 aromatic heterocycles. The number of hydrogen-bond donors (Lipinski definition) is 2. The third kappa shape index (κ3) is 2.41. The number of carbonyl (C=O) groups is 1. The highest BCUT2D eigenvalue weighted by molar-refractivity contribution is 7.99. The molecule has 1 aromatic rings. The van der Waals surface area contributed by atoms with E-state index in [4.69, 9.17) is 0 Å². The summed E-state index contributed by atoms with van der Waals surface area (Å²) in [6.45, 7) is 1.48. The summed E-state index contributed by atoms with van der Waals surface area (Å²) in [6, 6.07) is 8.69. The van der Waals surface area contributed by atoms with Crippen LogP contribution < -0.4 is 15.5 Å². The first-order valence-corrected chi connectivity index (χ1v) is 7.48.